The number of hydrogen-bond donors (Lipinski definition) is 2. The van der Waals surface area contributed by atoms with Gasteiger partial charge in [-0.1, -0.05) is 0 Å². The highest BCUT2D eigenvalue weighted by Gasteiger charge is 2.65. The standard InChI is InChI=1S/C15H25NO6/c1-14(2,3)22-13(19)16-7-6-8(17)10(18)9(16)12-11(7)20-15(4,5)21-12/h7-12,17-18H,6H2,1-5H3/t7-,8-,9+,10-,11-,12+/m1/s1. The molecular weight excluding hydrogens is 290 g/mol. The molecule has 3 saturated heterocycles. The maximum Gasteiger partial charge on any atom is 0.411 e. The first-order valence-electron chi connectivity index (χ1n) is 7.73. The topological polar surface area (TPSA) is 88.5 Å². The molecule has 7 heteroatoms. The van der Waals surface area contributed by atoms with Crippen molar-refractivity contribution in [2.45, 2.75) is 88.9 Å². The highest BCUT2D eigenvalue weighted by atomic mass is 16.8. The monoisotopic (exact) mass is 315 g/mol. The van der Waals surface area contributed by atoms with Gasteiger partial charge >= 0.3 is 6.09 Å². The van der Waals surface area contributed by atoms with Crippen molar-refractivity contribution < 1.29 is 29.2 Å². The Balaban J connectivity index is 1.89. The maximum absolute atomic E-state index is 12.5. The summed E-state index contributed by atoms with van der Waals surface area (Å²) in [7, 11) is 0. The molecule has 22 heavy (non-hydrogen) atoms. The number of aliphatic hydroxyl groups excluding tert-OH is 2. The smallest absolute Gasteiger partial charge is 0.411 e. The van der Waals surface area contributed by atoms with Crippen LogP contribution in [0.4, 0.5) is 4.79 Å². The summed E-state index contributed by atoms with van der Waals surface area (Å²) in [4.78, 5) is 14.0. The molecule has 0 radical (unpaired) electrons. The average Bonchev–Trinajstić information content (AvgIpc) is 2.75. The number of fused-ring (bicyclic) bond motifs is 5. The molecule has 3 fully saturated rings. The van der Waals surface area contributed by atoms with Gasteiger partial charge in [0.05, 0.1) is 18.2 Å². The fourth-order valence-corrected chi connectivity index (χ4v) is 3.71. The summed E-state index contributed by atoms with van der Waals surface area (Å²) in [5.41, 5.74) is -0.631. The van der Waals surface area contributed by atoms with Crippen LogP contribution in [0.3, 0.4) is 0 Å². The van der Waals surface area contributed by atoms with Crippen LogP contribution >= 0.6 is 0 Å². The fourth-order valence-electron chi connectivity index (χ4n) is 3.71. The summed E-state index contributed by atoms with van der Waals surface area (Å²) in [6.07, 6.45) is -3.05. The van der Waals surface area contributed by atoms with Crippen LogP contribution in [0, 0.1) is 0 Å². The lowest BCUT2D eigenvalue weighted by Crippen LogP contribution is -2.60. The Hall–Kier alpha value is -0.890. The third-order valence-electron chi connectivity index (χ3n) is 4.39. The van der Waals surface area contributed by atoms with Crippen LogP contribution in [-0.2, 0) is 14.2 Å². The summed E-state index contributed by atoms with van der Waals surface area (Å²) in [6, 6.07) is -1.01. The number of aliphatic hydroxyl groups is 2. The molecule has 0 aliphatic carbocycles. The Kier molecular flexibility index (Phi) is 3.49. The number of carbonyl (C=O) groups excluding carboxylic acids is 1. The van der Waals surface area contributed by atoms with E-state index in [1.54, 1.807) is 20.8 Å². The summed E-state index contributed by atoms with van der Waals surface area (Å²) < 4.78 is 17.2. The molecule has 6 atom stereocenters. The molecule has 0 aromatic rings. The van der Waals surface area contributed by atoms with E-state index in [2.05, 4.69) is 0 Å². The van der Waals surface area contributed by atoms with Gasteiger partial charge in [0.2, 0.25) is 0 Å². The highest BCUT2D eigenvalue weighted by Crippen LogP contribution is 2.46. The molecule has 3 rings (SSSR count). The number of rotatable bonds is 0. The van der Waals surface area contributed by atoms with Crippen molar-refractivity contribution in [3.05, 3.63) is 0 Å². The molecular formula is C15H25NO6. The molecule has 3 aliphatic heterocycles. The molecule has 2 bridgehead atoms. The number of piperidine rings is 1. The van der Waals surface area contributed by atoms with Gasteiger partial charge in [0.15, 0.2) is 5.79 Å². The van der Waals surface area contributed by atoms with E-state index in [4.69, 9.17) is 14.2 Å². The van der Waals surface area contributed by atoms with Crippen molar-refractivity contribution in [2.24, 2.45) is 0 Å². The predicted octanol–water partition coefficient (Wildman–Crippen LogP) is 0.620. The molecule has 0 aromatic heterocycles. The number of nitrogens with zero attached hydrogens (tertiary/aromatic N) is 1. The van der Waals surface area contributed by atoms with E-state index in [0.717, 1.165) is 0 Å². The summed E-state index contributed by atoms with van der Waals surface area (Å²) >= 11 is 0. The van der Waals surface area contributed by atoms with E-state index in [1.807, 2.05) is 13.8 Å². The van der Waals surface area contributed by atoms with Crippen molar-refractivity contribution in [2.75, 3.05) is 0 Å². The van der Waals surface area contributed by atoms with Gasteiger partial charge in [-0.2, -0.15) is 0 Å². The van der Waals surface area contributed by atoms with Crippen LogP contribution in [-0.4, -0.2) is 69.1 Å². The SMILES string of the molecule is CC(C)(C)OC(=O)N1[C@H]2[C@H](O)[C@H](O)C[C@@H]1[C@H]1OC(C)(C)O[C@H]12. The molecule has 1 amide bonds. The molecule has 126 valence electrons. The Bertz CT molecular complexity index is 473. The minimum absolute atomic E-state index is 0.248. The Morgan fingerprint density at radius 1 is 1.23 bits per heavy atom. The molecule has 2 N–H and O–H groups in total. The zero-order chi connectivity index (χ0) is 16.4. The minimum atomic E-state index is -1.07. The van der Waals surface area contributed by atoms with E-state index in [1.165, 1.54) is 4.90 Å². The molecule has 0 aromatic carbocycles. The lowest BCUT2D eigenvalue weighted by molar-refractivity contribution is -0.188. The van der Waals surface area contributed by atoms with Crippen molar-refractivity contribution in [3.63, 3.8) is 0 Å². The second-order valence-corrected chi connectivity index (χ2v) is 7.80. The van der Waals surface area contributed by atoms with Gasteiger partial charge in [0.25, 0.3) is 0 Å². The van der Waals surface area contributed by atoms with Crippen LogP contribution in [0.2, 0.25) is 0 Å². The van der Waals surface area contributed by atoms with Crippen LogP contribution < -0.4 is 0 Å². The first-order valence-corrected chi connectivity index (χ1v) is 7.73. The van der Waals surface area contributed by atoms with Crippen molar-refractivity contribution in [1.82, 2.24) is 4.90 Å². The number of amides is 1. The highest BCUT2D eigenvalue weighted by molar-refractivity contribution is 5.70. The van der Waals surface area contributed by atoms with Crippen LogP contribution in [0.15, 0.2) is 0 Å². The number of ether oxygens (including phenoxy) is 3. The van der Waals surface area contributed by atoms with Crippen LogP contribution in [0.25, 0.3) is 0 Å². The first-order chi connectivity index (χ1) is 10.0. The minimum Gasteiger partial charge on any atom is -0.444 e. The van der Waals surface area contributed by atoms with Crippen LogP contribution in [0.5, 0.6) is 0 Å². The molecule has 7 nitrogen and oxygen atoms in total. The summed E-state index contributed by atoms with van der Waals surface area (Å²) in [5, 5.41) is 20.4. The second kappa shape index (κ2) is 4.80. The van der Waals surface area contributed by atoms with E-state index >= 15 is 0 Å². The first kappa shape index (κ1) is 16.0. The van der Waals surface area contributed by atoms with Gasteiger partial charge < -0.3 is 24.4 Å². The molecule has 3 heterocycles. The normalized spacial score (nSPS) is 43.1. The largest absolute Gasteiger partial charge is 0.444 e. The number of hydrogen-bond acceptors (Lipinski definition) is 6. The van der Waals surface area contributed by atoms with Gasteiger partial charge in [-0.3, -0.25) is 4.90 Å². The van der Waals surface area contributed by atoms with E-state index in [9.17, 15) is 15.0 Å². The molecule has 0 spiro atoms. The van der Waals surface area contributed by atoms with Gasteiger partial charge in [0.1, 0.15) is 23.9 Å². The Labute approximate surface area is 130 Å². The zero-order valence-corrected chi connectivity index (χ0v) is 13.6. The van der Waals surface area contributed by atoms with E-state index in [-0.39, 0.29) is 18.6 Å². The van der Waals surface area contributed by atoms with Crippen molar-refractivity contribution in [1.29, 1.82) is 0 Å². The number of carbonyl (C=O) groups is 1. The van der Waals surface area contributed by atoms with Gasteiger partial charge in [-0.15, -0.1) is 0 Å². The third kappa shape index (κ3) is 2.50. The van der Waals surface area contributed by atoms with Gasteiger partial charge in [-0.25, -0.2) is 4.79 Å². The Morgan fingerprint density at radius 2 is 1.82 bits per heavy atom. The fraction of sp³-hybridized carbons (Fsp3) is 0.933. The predicted molar refractivity (Wildman–Crippen MR) is 76.1 cm³/mol. The maximum atomic E-state index is 12.5. The van der Waals surface area contributed by atoms with E-state index < -0.39 is 41.8 Å². The van der Waals surface area contributed by atoms with Gasteiger partial charge in [-0.05, 0) is 41.0 Å². The molecule has 0 saturated carbocycles. The average molecular weight is 315 g/mol. The third-order valence-corrected chi connectivity index (χ3v) is 4.39. The lowest BCUT2D eigenvalue weighted by atomic mass is 9.96. The zero-order valence-electron chi connectivity index (χ0n) is 13.6. The lowest BCUT2D eigenvalue weighted by Gasteiger charge is -2.42. The van der Waals surface area contributed by atoms with Crippen molar-refractivity contribution in [3.8, 4) is 0 Å². The molecule has 3 aliphatic rings. The van der Waals surface area contributed by atoms with Crippen LogP contribution in [0.1, 0.15) is 41.0 Å². The van der Waals surface area contributed by atoms with Gasteiger partial charge in [0, 0.05) is 0 Å². The summed E-state index contributed by atoms with van der Waals surface area (Å²) in [6.45, 7) is 8.99. The quantitative estimate of drug-likeness (QED) is 0.681. The van der Waals surface area contributed by atoms with E-state index in [0.29, 0.717) is 0 Å². The molecule has 0 unspecified atom stereocenters. The van der Waals surface area contributed by atoms with Crippen molar-refractivity contribution >= 4 is 6.09 Å². The summed E-state index contributed by atoms with van der Waals surface area (Å²) in [5.74, 6) is -0.756. The Morgan fingerprint density at radius 3 is 2.41 bits per heavy atom. The second-order valence-electron chi connectivity index (χ2n) is 7.80.